The summed E-state index contributed by atoms with van der Waals surface area (Å²) in [5.41, 5.74) is 5.86. The van der Waals surface area contributed by atoms with Crippen molar-refractivity contribution in [3.8, 4) is 0 Å². The van der Waals surface area contributed by atoms with Crippen molar-refractivity contribution in [2.24, 2.45) is 5.73 Å². The van der Waals surface area contributed by atoms with Gasteiger partial charge < -0.3 is 15.4 Å². The monoisotopic (exact) mass is 270 g/mol. The second-order valence-electron chi connectivity index (χ2n) is 4.75. The van der Waals surface area contributed by atoms with Crippen LogP contribution in [0.2, 0.25) is 0 Å². The molecule has 0 bridgehead atoms. The second kappa shape index (κ2) is 6.30. The molecule has 1 saturated heterocycles. The Hall–Kier alpha value is -1.20. The van der Waals surface area contributed by atoms with Gasteiger partial charge in [-0.15, -0.1) is 0 Å². The highest BCUT2D eigenvalue weighted by Gasteiger charge is 2.22. The summed E-state index contributed by atoms with van der Waals surface area (Å²) < 4.78 is 33.4. The molecule has 1 atom stereocenters. The fraction of sp³-hybridized carbons (Fsp3) is 0.571. The van der Waals surface area contributed by atoms with E-state index in [0.717, 1.165) is 19.4 Å². The van der Waals surface area contributed by atoms with Crippen LogP contribution in [0.4, 0.5) is 14.5 Å². The van der Waals surface area contributed by atoms with Gasteiger partial charge in [0.1, 0.15) is 0 Å². The first-order valence-electron chi connectivity index (χ1n) is 6.70. The van der Waals surface area contributed by atoms with Crippen molar-refractivity contribution in [1.29, 1.82) is 0 Å². The smallest absolute Gasteiger partial charge is 0.182 e. The maximum absolute atomic E-state index is 14.0. The molecule has 1 aromatic carbocycles. The molecular formula is C14H20F2N2O. The number of hydrogen-bond donors (Lipinski definition) is 1. The lowest BCUT2D eigenvalue weighted by Crippen LogP contribution is -2.33. The number of likely N-dealkylation sites (N-methyl/N-ethyl adjacent to an activating group) is 1. The van der Waals surface area contributed by atoms with Crippen molar-refractivity contribution < 1.29 is 13.5 Å². The van der Waals surface area contributed by atoms with Crippen LogP contribution in [0.15, 0.2) is 12.1 Å². The van der Waals surface area contributed by atoms with Crippen molar-refractivity contribution in [3.05, 3.63) is 29.3 Å². The Bertz CT molecular complexity index is 434. The molecule has 1 aliphatic rings. The van der Waals surface area contributed by atoms with Gasteiger partial charge in [0, 0.05) is 31.8 Å². The van der Waals surface area contributed by atoms with Gasteiger partial charge in [0.2, 0.25) is 0 Å². The summed E-state index contributed by atoms with van der Waals surface area (Å²) in [7, 11) is 0. The second-order valence-corrected chi connectivity index (χ2v) is 4.75. The molecule has 0 aliphatic carbocycles. The van der Waals surface area contributed by atoms with Crippen LogP contribution >= 0.6 is 0 Å². The lowest BCUT2D eigenvalue weighted by molar-refractivity contribution is 0.115. The average molecular weight is 270 g/mol. The Morgan fingerprint density at radius 2 is 2.16 bits per heavy atom. The minimum atomic E-state index is -0.842. The molecule has 0 radical (unpaired) electrons. The summed E-state index contributed by atoms with van der Waals surface area (Å²) in [6.07, 6.45) is 2.11. The molecule has 1 unspecified atom stereocenters. The zero-order valence-electron chi connectivity index (χ0n) is 11.2. The zero-order valence-corrected chi connectivity index (χ0v) is 11.2. The van der Waals surface area contributed by atoms with Crippen LogP contribution in [0, 0.1) is 11.6 Å². The molecular weight excluding hydrogens is 250 g/mol. The summed E-state index contributed by atoms with van der Waals surface area (Å²) >= 11 is 0. The average Bonchev–Trinajstić information content (AvgIpc) is 2.92. The van der Waals surface area contributed by atoms with E-state index in [2.05, 4.69) is 0 Å². The van der Waals surface area contributed by atoms with Gasteiger partial charge in [0.05, 0.1) is 11.8 Å². The number of ether oxygens (including phenoxy) is 1. The first-order valence-corrected chi connectivity index (χ1v) is 6.70. The van der Waals surface area contributed by atoms with Crippen molar-refractivity contribution in [3.63, 3.8) is 0 Å². The molecule has 106 valence electrons. The molecule has 19 heavy (non-hydrogen) atoms. The van der Waals surface area contributed by atoms with Gasteiger partial charge in [-0.3, -0.25) is 0 Å². The quantitative estimate of drug-likeness (QED) is 0.893. The van der Waals surface area contributed by atoms with E-state index in [9.17, 15) is 8.78 Å². The van der Waals surface area contributed by atoms with Crippen LogP contribution in [0.5, 0.6) is 0 Å². The summed E-state index contributed by atoms with van der Waals surface area (Å²) in [6.45, 7) is 3.88. The van der Waals surface area contributed by atoms with Gasteiger partial charge in [-0.1, -0.05) is 6.07 Å². The van der Waals surface area contributed by atoms with Crippen molar-refractivity contribution in [2.45, 2.75) is 32.4 Å². The molecule has 1 fully saturated rings. The summed E-state index contributed by atoms with van der Waals surface area (Å²) in [6, 6.07) is 3.14. The fourth-order valence-electron chi connectivity index (χ4n) is 2.41. The Morgan fingerprint density at radius 3 is 2.74 bits per heavy atom. The van der Waals surface area contributed by atoms with Gasteiger partial charge >= 0.3 is 0 Å². The number of hydrogen-bond acceptors (Lipinski definition) is 3. The van der Waals surface area contributed by atoms with Gasteiger partial charge in [0.25, 0.3) is 0 Å². The van der Waals surface area contributed by atoms with E-state index in [1.165, 1.54) is 0 Å². The minimum Gasteiger partial charge on any atom is -0.376 e. The van der Waals surface area contributed by atoms with Gasteiger partial charge in [-0.2, -0.15) is 0 Å². The number of halogens is 2. The Kier molecular flexibility index (Phi) is 4.71. The summed E-state index contributed by atoms with van der Waals surface area (Å²) in [4.78, 5) is 1.81. The lowest BCUT2D eigenvalue weighted by Gasteiger charge is -2.26. The standard InChI is InChI=1S/C14H20F2N2O/c1-2-18(9-11-4-3-7-19-11)12-6-5-10(8-17)13(15)14(12)16/h5-6,11H,2-4,7-9,17H2,1H3. The first-order chi connectivity index (χ1) is 9.17. The SMILES string of the molecule is CCN(CC1CCCO1)c1ccc(CN)c(F)c1F. The maximum Gasteiger partial charge on any atom is 0.182 e. The van der Waals surface area contributed by atoms with Crippen LogP contribution in [-0.2, 0) is 11.3 Å². The Morgan fingerprint density at radius 1 is 1.37 bits per heavy atom. The number of nitrogens with zero attached hydrogens (tertiary/aromatic N) is 1. The van der Waals surface area contributed by atoms with Crippen LogP contribution < -0.4 is 10.6 Å². The Balaban J connectivity index is 2.20. The molecule has 2 N–H and O–H groups in total. The Labute approximate surface area is 112 Å². The normalized spacial score (nSPS) is 18.8. The largest absolute Gasteiger partial charge is 0.376 e. The maximum atomic E-state index is 14.0. The number of rotatable bonds is 5. The number of benzene rings is 1. The van der Waals surface area contributed by atoms with Crippen molar-refractivity contribution >= 4 is 5.69 Å². The van der Waals surface area contributed by atoms with E-state index >= 15 is 0 Å². The molecule has 1 heterocycles. The molecule has 0 spiro atoms. The highest BCUT2D eigenvalue weighted by atomic mass is 19.2. The third-order valence-electron chi connectivity index (χ3n) is 3.53. The van der Waals surface area contributed by atoms with Crippen LogP contribution in [0.25, 0.3) is 0 Å². The van der Waals surface area contributed by atoms with Gasteiger partial charge in [-0.05, 0) is 25.8 Å². The van der Waals surface area contributed by atoms with E-state index in [4.69, 9.17) is 10.5 Å². The minimum absolute atomic E-state index is 0.000887. The predicted molar refractivity (Wildman–Crippen MR) is 71.1 cm³/mol. The zero-order chi connectivity index (χ0) is 13.8. The molecule has 0 amide bonds. The summed E-state index contributed by atoms with van der Waals surface area (Å²) in [5, 5.41) is 0. The van der Waals surface area contributed by atoms with Crippen LogP contribution in [0.3, 0.4) is 0 Å². The van der Waals surface area contributed by atoms with Crippen LogP contribution in [0.1, 0.15) is 25.3 Å². The molecule has 2 rings (SSSR count). The third-order valence-corrected chi connectivity index (χ3v) is 3.53. The third kappa shape index (κ3) is 3.04. The highest BCUT2D eigenvalue weighted by Crippen LogP contribution is 2.25. The first kappa shape index (κ1) is 14.2. The molecule has 5 heteroatoms. The molecule has 0 saturated carbocycles. The highest BCUT2D eigenvalue weighted by molar-refractivity contribution is 5.50. The summed E-state index contributed by atoms with van der Waals surface area (Å²) in [5.74, 6) is -1.66. The van der Waals surface area contributed by atoms with E-state index in [1.807, 2.05) is 11.8 Å². The van der Waals surface area contributed by atoms with Crippen molar-refractivity contribution in [1.82, 2.24) is 0 Å². The van der Waals surface area contributed by atoms with E-state index in [1.54, 1.807) is 12.1 Å². The lowest BCUT2D eigenvalue weighted by atomic mass is 10.1. The molecule has 3 nitrogen and oxygen atoms in total. The van der Waals surface area contributed by atoms with Crippen molar-refractivity contribution in [2.75, 3.05) is 24.6 Å². The predicted octanol–water partition coefficient (Wildman–Crippen LogP) is 2.43. The van der Waals surface area contributed by atoms with Gasteiger partial charge in [0.15, 0.2) is 11.6 Å². The van der Waals surface area contributed by atoms with Crippen LogP contribution in [-0.4, -0.2) is 25.8 Å². The van der Waals surface area contributed by atoms with Gasteiger partial charge in [-0.25, -0.2) is 8.78 Å². The van der Waals surface area contributed by atoms with E-state index in [-0.39, 0.29) is 23.9 Å². The molecule has 1 aromatic rings. The topological polar surface area (TPSA) is 38.5 Å². The van der Waals surface area contributed by atoms with E-state index < -0.39 is 11.6 Å². The number of anilines is 1. The molecule has 0 aromatic heterocycles. The number of nitrogens with two attached hydrogens (primary N) is 1. The fourth-order valence-corrected chi connectivity index (χ4v) is 2.41. The molecule has 1 aliphatic heterocycles. The van der Waals surface area contributed by atoms with E-state index in [0.29, 0.717) is 13.1 Å².